The van der Waals surface area contributed by atoms with E-state index in [9.17, 15) is 5.11 Å². The molecule has 3 nitrogen and oxygen atoms in total. The smallest absolute Gasteiger partial charge is 0.0850 e. The number of aliphatic hydroxyl groups is 1. The van der Waals surface area contributed by atoms with Crippen LogP contribution >= 0.6 is 7.26 Å². The van der Waals surface area contributed by atoms with Crippen LogP contribution in [0, 0.1) is 0 Å². The number of rotatable bonds is 11. The third-order valence-corrected chi connectivity index (χ3v) is 8.71. The van der Waals surface area contributed by atoms with E-state index in [2.05, 4.69) is 20.8 Å². The van der Waals surface area contributed by atoms with Crippen LogP contribution in [0.4, 0.5) is 0 Å². The number of unbranched alkanes of at least 4 members (excludes halogenated alkanes) is 3. The summed E-state index contributed by atoms with van der Waals surface area (Å²) in [7, 11) is -0.852. The number of hydrogen-bond acceptors (Lipinski definition) is 3. The second-order valence-corrected chi connectivity index (χ2v) is 10.1. The molecule has 0 aromatic rings. The summed E-state index contributed by atoms with van der Waals surface area (Å²) in [6.45, 7) is 8.35. The summed E-state index contributed by atoms with van der Waals surface area (Å²) >= 11 is 0. The standard InChI is InChI=1S/C15H34OP.CH2O2/c1-5-8-11-17(12-9-6-2,13-10-7-3)14-15(4)16;2-1-3/h15-16H,5-14H2,1-4H3;1H,(H,2,3)/q+1;/p-1. The quantitative estimate of drug-likeness (QED) is 0.471. The van der Waals surface area contributed by atoms with E-state index in [0.717, 1.165) is 6.16 Å². The molecule has 0 aromatic carbocycles. The summed E-state index contributed by atoms with van der Waals surface area (Å²) < 4.78 is 0. The fraction of sp³-hybridized carbons (Fsp3) is 0.938. The molecule has 122 valence electrons. The van der Waals surface area contributed by atoms with Gasteiger partial charge in [0.05, 0.1) is 30.8 Å². The van der Waals surface area contributed by atoms with E-state index >= 15 is 0 Å². The SMILES string of the molecule is CCCC[P+](CCCC)(CCCC)CC(C)O.O=C[O-]. The molecule has 0 aliphatic heterocycles. The first-order valence-electron chi connectivity index (χ1n) is 8.10. The van der Waals surface area contributed by atoms with Gasteiger partial charge in [0.15, 0.2) is 0 Å². The lowest BCUT2D eigenvalue weighted by molar-refractivity contribution is -0.283. The molecule has 0 aliphatic carbocycles. The van der Waals surface area contributed by atoms with Crippen LogP contribution in [0.15, 0.2) is 0 Å². The Morgan fingerprint density at radius 2 is 1.30 bits per heavy atom. The number of carbonyl (C=O) groups excluding carboxylic acids is 1. The van der Waals surface area contributed by atoms with Crippen LogP contribution in [0.5, 0.6) is 0 Å². The molecule has 0 spiro atoms. The van der Waals surface area contributed by atoms with Crippen LogP contribution in [0.2, 0.25) is 0 Å². The van der Waals surface area contributed by atoms with E-state index in [1.807, 2.05) is 6.92 Å². The van der Waals surface area contributed by atoms with E-state index in [1.165, 1.54) is 57.0 Å². The van der Waals surface area contributed by atoms with Gasteiger partial charge in [-0.3, -0.25) is 0 Å². The summed E-state index contributed by atoms with van der Waals surface area (Å²) in [5.74, 6) is 0. The highest BCUT2D eigenvalue weighted by atomic mass is 31.2. The number of carbonyl (C=O) groups is 1. The zero-order chi connectivity index (χ0) is 15.9. The molecule has 0 radical (unpaired) electrons. The van der Waals surface area contributed by atoms with Gasteiger partial charge in [-0.1, -0.05) is 40.0 Å². The van der Waals surface area contributed by atoms with Crippen molar-refractivity contribution in [2.45, 2.75) is 72.3 Å². The molecule has 0 aromatic heterocycles. The first kappa shape index (κ1) is 22.1. The highest BCUT2D eigenvalue weighted by molar-refractivity contribution is 7.75. The predicted molar refractivity (Wildman–Crippen MR) is 88.9 cm³/mol. The van der Waals surface area contributed by atoms with Gasteiger partial charge < -0.3 is 15.0 Å². The zero-order valence-corrected chi connectivity index (χ0v) is 14.8. The van der Waals surface area contributed by atoms with Crippen molar-refractivity contribution in [1.82, 2.24) is 0 Å². The Bertz CT molecular complexity index is 186. The van der Waals surface area contributed by atoms with Crippen molar-refractivity contribution in [3.8, 4) is 0 Å². The normalized spacial score (nSPS) is 12.4. The maximum atomic E-state index is 9.81. The summed E-state index contributed by atoms with van der Waals surface area (Å²) in [5.41, 5.74) is 0. The molecule has 0 saturated carbocycles. The van der Waals surface area contributed by atoms with E-state index in [4.69, 9.17) is 9.90 Å². The molecule has 0 rings (SSSR count). The molecule has 4 heteroatoms. The topological polar surface area (TPSA) is 60.4 Å². The molecule has 0 amide bonds. The fourth-order valence-corrected chi connectivity index (χ4v) is 7.95. The zero-order valence-electron chi connectivity index (χ0n) is 13.9. The first-order chi connectivity index (χ1) is 9.51. The molecular weight excluding hydrogens is 271 g/mol. The van der Waals surface area contributed by atoms with Crippen molar-refractivity contribution in [3.05, 3.63) is 0 Å². The van der Waals surface area contributed by atoms with Crippen LogP contribution in [0.1, 0.15) is 66.2 Å². The Morgan fingerprint density at radius 1 is 1.00 bits per heavy atom. The van der Waals surface area contributed by atoms with Gasteiger partial charge >= 0.3 is 0 Å². The van der Waals surface area contributed by atoms with Crippen LogP contribution in [0.3, 0.4) is 0 Å². The summed E-state index contributed by atoms with van der Waals surface area (Å²) in [6, 6.07) is 0. The lowest BCUT2D eigenvalue weighted by Crippen LogP contribution is -2.19. The van der Waals surface area contributed by atoms with E-state index in [0.29, 0.717) is 0 Å². The summed E-state index contributed by atoms with van der Waals surface area (Å²) in [4.78, 5) is 8.25. The van der Waals surface area contributed by atoms with Crippen molar-refractivity contribution in [1.29, 1.82) is 0 Å². The Labute approximate surface area is 126 Å². The van der Waals surface area contributed by atoms with E-state index < -0.39 is 13.7 Å². The van der Waals surface area contributed by atoms with Crippen molar-refractivity contribution < 1.29 is 15.0 Å². The largest absolute Gasteiger partial charge is 0.554 e. The van der Waals surface area contributed by atoms with Gasteiger partial charge in [-0.15, -0.1) is 0 Å². The second kappa shape index (κ2) is 15.3. The molecule has 1 atom stereocenters. The van der Waals surface area contributed by atoms with Crippen LogP contribution in [-0.4, -0.2) is 42.3 Å². The number of carboxylic acid groups (broad SMARTS) is 1. The van der Waals surface area contributed by atoms with Crippen molar-refractivity contribution in [2.24, 2.45) is 0 Å². The van der Waals surface area contributed by atoms with Crippen molar-refractivity contribution in [3.63, 3.8) is 0 Å². The third kappa shape index (κ3) is 12.9. The van der Waals surface area contributed by atoms with Crippen molar-refractivity contribution in [2.75, 3.05) is 24.6 Å². The minimum Gasteiger partial charge on any atom is -0.554 e. The number of hydrogen-bond donors (Lipinski definition) is 1. The predicted octanol–water partition coefficient (Wildman–Crippen LogP) is 3.15. The highest BCUT2D eigenvalue weighted by Gasteiger charge is 2.36. The minimum atomic E-state index is -0.852. The summed E-state index contributed by atoms with van der Waals surface area (Å²) in [5, 5.41) is 18.1. The number of aliphatic hydroxyl groups excluding tert-OH is 1. The maximum absolute atomic E-state index is 9.81. The van der Waals surface area contributed by atoms with Gasteiger partial charge in [-0.05, 0) is 26.2 Å². The molecule has 1 N–H and O–H groups in total. The van der Waals surface area contributed by atoms with Gasteiger partial charge in [0.25, 0.3) is 0 Å². The second-order valence-electron chi connectivity index (χ2n) is 5.70. The van der Waals surface area contributed by atoms with Crippen LogP contribution in [0.25, 0.3) is 0 Å². The van der Waals surface area contributed by atoms with Gasteiger partial charge in [-0.2, -0.15) is 0 Å². The van der Waals surface area contributed by atoms with E-state index in [-0.39, 0.29) is 6.10 Å². The maximum Gasteiger partial charge on any atom is 0.0850 e. The molecule has 0 fully saturated rings. The molecule has 0 saturated heterocycles. The molecule has 20 heavy (non-hydrogen) atoms. The molecular formula is C16H35O3P. The Kier molecular flexibility index (Phi) is 16.9. The Balaban J connectivity index is 0. The fourth-order valence-electron chi connectivity index (χ4n) is 2.65. The Morgan fingerprint density at radius 3 is 1.50 bits per heavy atom. The molecule has 0 aliphatic rings. The average Bonchev–Trinajstić information content (AvgIpc) is 2.40. The minimum absolute atomic E-state index is 0.0890. The monoisotopic (exact) mass is 306 g/mol. The lowest BCUT2D eigenvalue weighted by Gasteiger charge is -2.29. The van der Waals surface area contributed by atoms with Gasteiger partial charge in [-0.25, -0.2) is 0 Å². The third-order valence-electron chi connectivity index (χ3n) is 3.61. The molecule has 0 bridgehead atoms. The van der Waals surface area contributed by atoms with Gasteiger partial charge in [0.1, 0.15) is 0 Å². The molecule has 1 unspecified atom stereocenters. The lowest BCUT2D eigenvalue weighted by atomic mass is 10.4. The van der Waals surface area contributed by atoms with Gasteiger partial charge in [0, 0.05) is 13.7 Å². The molecule has 0 heterocycles. The average molecular weight is 306 g/mol. The van der Waals surface area contributed by atoms with Crippen LogP contribution in [-0.2, 0) is 4.79 Å². The van der Waals surface area contributed by atoms with Crippen LogP contribution < -0.4 is 5.11 Å². The highest BCUT2D eigenvalue weighted by Crippen LogP contribution is 2.61. The van der Waals surface area contributed by atoms with Crippen molar-refractivity contribution >= 4 is 13.7 Å². The summed E-state index contributed by atoms with van der Waals surface area (Å²) in [6.07, 6.45) is 13.3. The van der Waals surface area contributed by atoms with Gasteiger partial charge in [0.2, 0.25) is 0 Å². The Hall–Kier alpha value is -0.140. The van der Waals surface area contributed by atoms with E-state index in [1.54, 1.807) is 0 Å². The first-order valence-corrected chi connectivity index (χ1v) is 10.6.